The van der Waals surface area contributed by atoms with Crippen LogP contribution in [0.15, 0.2) is 103 Å². The van der Waals surface area contributed by atoms with E-state index in [1.165, 1.54) is 5.56 Å². The first kappa shape index (κ1) is 19.4. The second-order valence-corrected chi connectivity index (χ2v) is 9.84. The van der Waals surface area contributed by atoms with Crippen molar-refractivity contribution in [2.45, 2.75) is 24.6 Å². The molecule has 0 saturated heterocycles. The molecule has 0 radical (unpaired) electrons. The van der Waals surface area contributed by atoms with Gasteiger partial charge in [0.05, 0.1) is 0 Å². The molecule has 27 heavy (non-hydrogen) atoms. The van der Waals surface area contributed by atoms with E-state index >= 15 is 0 Å². The first-order valence-electron chi connectivity index (χ1n) is 9.20. The minimum absolute atomic E-state index is 0.388. The molecule has 0 bridgehead atoms. The van der Waals surface area contributed by atoms with Gasteiger partial charge >= 0.3 is 0 Å². The molecule has 0 heterocycles. The molecule has 3 heteroatoms. The molecule has 0 fully saturated rings. The highest BCUT2D eigenvalue weighted by atomic mass is 31.2. The minimum atomic E-state index is -2.91. The van der Waals surface area contributed by atoms with Crippen molar-refractivity contribution in [1.82, 2.24) is 0 Å². The molecule has 1 N–H and O–H groups in total. The summed E-state index contributed by atoms with van der Waals surface area (Å²) in [6.07, 6.45) is 5.12. The van der Waals surface area contributed by atoms with Crippen LogP contribution in [0.3, 0.4) is 0 Å². The molecule has 2 nitrogen and oxygen atoms in total. The Hall–Kier alpha value is -2.41. The van der Waals surface area contributed by atoms with Crippen LogP contribution in [0.5, 0.6) is 0 Å². The molecule has 1 atom stereocenters. The number of aliphatic hydroxyl groups is 1. The fourth-order valence-corrected chi connectivity index (χ4v) is 5.70. The van der Waals surface area contributed by atoms with E-state index in [2.05, 4.69) is 0 Å². The van der Waals surface area contributed by atoms with Crippen LogP contribution in [-0.4, -0.2) is 11.0 Å². The lowest BCUT2D eigenvalue weighted by Gasteiger charge is -2.22. The molecular weight excluding hydrogens is 351 g/mol. The van der Waals surface area contributed by atoms with Gasteiger partial charge in [0.2, 0.25) is 0 Å². The molecule has 0 aliphatic carbocycles. The van der Waals surface area contributed by atoms with Gasteiger partial charge < -0.3 is 9.67 Å². The van der Waals surface area contributed by atoms with Gasteiger partial charge in [-0.1, -0.05) is 103 Å². The first-order valence-corrected chi connectivity index (χ1v) is 11.3. The Labute approximate surface area is 161 Å². The second-order valence-electron chi connectivity index (χ2n) is 6.77. The lowest BCUT2D eigenvalue weighted by atomic mass is 10.1. The predicted octanol–water partition coefficient (Wildman–Crippen LogP) is 5.87. The van der Waals surface area contributed by atoms with Crippen molar-refractivity contribution >= 4 is 7.14 Å². The maximum Gasteiger partial charge on any atom is 0.127 e. The molecule has 3 aromatic carbocycles. The smallest absolute Gasteiger partial charge is 0.127 e. The monoisotopic (exact) mass is 376 g/mol. The van der Waals surface area contributed by atoms with Gasteiger partial charge in [-0.2, -0.15) is 0 Å². The molecule has 1 unspecified atom stereocenters. The zero-order valence-electron chi connectivity index (χ0n) is 15.3. The van der Waals surface area contributed by atoms with Crippen molar-refractivity contribution in [3.63, 3.8) is 0 Å². The second kappa shape index (κ2) is 9.50. The molecule has 3 rings (SSSR count). The summed E-state index contributed by atoms with van der Waals surface area (Å²) in [6.45, 7) is 0. The highest BCUT2D eigenvalue weighted by Gasteiger charge is 2.30. The van der Waals surface area contributed by atoms with E-state index in [9.17, 15) is 9.67 Å². The summed E-state index contributed by atoms with van der Waals surface area (Å²) in [7, 11) is -2.91. The van der Waals surface area contributed by atoms with Gasteiger partial charge in [-0.25, -0.2) is 0 Å². The predicted molar refractivity (Wildman–Crippen MR) is 113 cm³/mol. The summed E-state index contributed by atoms with van der Waals surface area (Å²) in [5.74, 6) is -0.957. The fourth-order valence-electron chi connectivity index (χ4n) is 3.12. The first-order chi connectivity index (χ1) is 13.2. The highest BCUT2D eigenvalue weighted by molar-refractivity contribution is 7.63. The molecule has 0 spiro atoms. The Morgan fingerprint density at radius 1 is 0.704 bits per heavy atom. The van der Waals surface area contributed by atoms with E-state index in [1.54, 1.807) is 6.08 Å². The number of hydrogen-bond donors (Lipinski definition) is 1. The molecule has 0 saturated carbocycles. The van der Waals surface area contributed by atoms with Gasteiger partial charge in [0.1, 0.15) is 13.0 Å². The van der Waals surface area contributed by atoms with Gasteiger partial charge in [-0.15, -0.1) is 0 Å². The van der Waals surface area contributed by atoms with Gasteiger partial charge in [-0.3, -0.25) is 0 Å². The summed E-state index contributed by atoms with van der Waals surface area (Å²) in [5.41, 5.74) is 3.15. The van der Waals surface area contributed by atoms with Crippen molar-refractivity contribution in [3.05, 3.63) is 120 Å². The van der Waals surface area contributed by atoms with Crippen LogP contribution in [-0.2, 0) is 23.3 Å². The topological polar surface area (TPSA) is 37.3 Å². The fraction of sp³-hybridized carbons (Fsp3) is 0.167. The Bertz CT molecular complexity index is 844. The van der Waals surface area contributed by atoms with Crippen molar-refractivity contribution < 1.29 is 9.67 Å². The number of aliphatic hydroxyl groups excluding tert-OH is 1. The molecule has 0 amide bonds. The van der Waals surface area contributed by atoms with Crippen molar-refractivity contribution in [2.24, 2.45) is 0 Å². The number of hydrogen-bond acceptors (Lipinski definition) is 2. The summed E-state index contributed by atoms with van der Waals surface area (Å²) in [5, 5.41) is 10.8. The van der Waals surface area contributed by atoms with E-state index in [0.29, 0.717) is 18.7 Å². The molecule has 138 valence electrons. The molecule has 0 aliphatic heterocycles. The number of allylic oxidation sites excluding steroid dienone is 1. The van der Waals surface area contributed by atoms with Crippen LogP contribution in [0.25, 0.3) is 0 Å². The van der Waals surface area contributed by atoms with Gasteiger partial charge in [0, 0.05) is 12.3 Å². The number of rotatable bonds is 8. The third-order valence-corrected chi connectivity index (χ3v) is 7.51. The Morgan fingerprint density at radius 3 is 1.56 bits per heavy atom. The Morgan fingerprint density at radius 2 is 1.11 bits per heavy atom. The van der Waals surface area contributed by atoms with Crippen molar-refractivity contribution in [3.8, 4) is 0 Å². The van der Waals surface area contributed by atoms with Gasteiger partial charge in [0.25, 0.3) is 0 Å². The van der Waals surface area contributed by atoms with E-state index in [1.807, 2.05) is 97.1 Å². The highest BCUT2D eigenvalue weighted by Crippen LogP contribution is 2.56. The quantitative estimate of drug-likeness (QED) is 0.394. The van der Waals surface area contributed by atoms with Crippen LogP contribution in [0.2, 0.25) is 0 Å². The van der Waals surface area contributed by atoms with Gasteiger partial charge in [0.15, 0.2) is 0 Å². The maximum absolute atomic E-state index is 13.8. The number of benzene rings is 3. The largest absolute Gasteiger partial charge is 0.381 e. The summed E-state index contributed by atoms with van der Waals surface area (Å²) >= 11 is 0. The third kappa shape index (κ3) is 5.79. The standard InChI is InChI=1S/C24H25O2P/c25-24(18-10-17-21-11-4-1-5-12-21)27(26,19-22-13-6-2-7-14-22)20-23-15-8-3-9-16-23/h1-16,18,24-25H,17,19-20H2/b18-10+. The van der Waals surface area contributed by atoms with E-state index in [0.717, 1.165) is 11.1 Å². The molecule has 3 aromatic rings. The van der Waals surface area contributed by atoms with Crippen LogP contribution in [0.1, 0.15) is 16.7 Å². The summed E-state index contributed by atoms with van der Waals surface area (Å²) in [4.78, 5) is 0. The van der Waals surface area contributed by atoms with Crippen LogP contribution in [0, 0.1) is 0 Å². The van der Waals surface area contributed by atoms with Gasteiger partial charge in [-0.05, 0) is 23.1 Å². The zero-order chi connectivity index (χ0) is 19.0. The van der Waals surface area contributed by atoms with Crippen molar-refractivity contribution in [2.75, 3.05) is 0 Å². The Kier molecular flexibility index (Phi) is 6.81. The summed E-state index contributed by atoms with van der Waals surface area (Å²) in [6, 6.07) is 29.6. The Balaban J connectivity index is 1.78. The average molecular weight is 376 g/mol. The average Bonchev–Trinajstić information content (AvgIpc) is 2.70. The van der Waals surface area contributed by atoms with Crippen LogP contribution >= 0.6 is 7.14 Å². The lowest BCUT2D eigenvalue weighted by Crippen LogP contribution is -2.09. The van der Waals surface area contributed by atoms with E-state index in [4.69, 9.17) is 0 Å². The SMILES string of the molecule is O=P(Cc1ccccc1)(Cc1ccccc1)C(O)/C=C/Cc1ccccc1. The zero-order valence-corrected chi connectivity index (χ0v) is 16.2. The molecule has 0 aromatic heterocycles. The molecular formula is C24H25O2P. The van der Waals surface area contributed by atoms with Crippen LogP contribution in [0.4, 0.5) is 0 Å². The normalized spacial score (nSPS) is 12.9. The van der Waals surface area contributed by atoms with E-state index in [-0.39, 0.29) is 0 Å². The lowest BCUT2D eigenvalue weighted by molar-refractivity contribution is 0.291. The van der Waals surface area contributed by atoms with E-state index < -0.39 is 13.0 Å². The maximum atomic E-state index is 13.8. The molecule has 0 aliphatic rings. The van der Waals surface area contributed by atoms with Crippen LogP contribution < -0.4 is 0 Å². The summed E-state index contributed by atoms with van der Waals surface area (Å²) < 4.78 is 13.8. The minimum Gasteiger partial charge on any atom is -0.381 e. The van der Waals surface area contributed by atoms with Crippen molar-refractivity contribution in [1.29, 1.82) is 0 Å². The third-order valence-electron chi connectivity index (χ3n) is 4.57.